The Morgan fingerprint density at radius 3 is 2.71 bits per heavy atom. The Labute approximate surface area is 125 Å². The number of nitrogens with zero attached hydrogens (tertiary/aromatic N) is 1. The number of aliphatic hydroxyl groups excluding tert-OH is 1. The molecule has 1 heterocycles. The molecular formula is C17H21NO3. The van der Waals surface area contributed by atoms with Crippen LogP contribution in [0, 0.1) is 11.8 Å². The minimum Gasteiger partial charge on any atom is -0.395 e. The molecule has 0 unspecified atom stereocenters. The van der Waals surface area contributed by atoms with Crippen LogP contribution >= 0.6 is 0 Å². The summed E-state index contributed by atoms with van der Waals surface area (Å²) in [5.74, 6) is 5.84. The first kappa shape index (κ1) is 15.6. The average molecular weight is 287 g/mol. The van der Waals surface area contributed by atoms with Gasteiger partial charge in [-0.2, -0.15) is 0 Å². The number of rotatable bonds is 2. The summed E-state index contributed by atoms with van der Waals surface area (Å²) in [5.41, 5.74) is 1.23. The lowest BCUT2D eigenvalue weighted by atomic mass is 10.0. The molecule has 21 heavy (non-hydrogen) atoms. The van der Waals surface area contributed by atoms with Crippen molar-refractivity contribution in [2.24, 2.45) is 0 Å². The maximum absolute atomic E-state index is 12.6. The van der Waals surface area contributed by atoms with E-state index in [2.05, 4.69) is 11.8 Å². The number of carbonyl (C=O) groups is 1. The minimum absolute atomic E-state index is 0.0261. The van der Waals surface area contributed by atoms with Crippen molar-refractivity contribution in [1.82, 2.24) is 4.90 Å². The van der Waals surface area contributed by atoms with Crippen molar-refractivity contribution in [3.8, 4) is 11.8 Å². The summed E-state index contributed by atoms with van der Waals surface area (Å²) >= 11 is 0. The van der Waals surface area contributed by atoms with Crippen LogP contribution in [0.4, 0.5) is 0 Å². The Morgan fingerprint density at radius 1 is 1.38 bits per heavy atom. The second-order valence-corrected chi connectivity index (χ2v) is 5.67. The second kappa shape index (κ2) is 6.75. The number of aliphatic hydroxyl groups is 1. The second-order valence-electron chi connectivity index (χ2n) is 5.67. The molecule has 0 aliphatic carbocycles. The van der Waals surface area contributed by atoms with E-state index in [0.717, 1.165) is 5.56 Å². The van der Waals surface area contributed by atoms with Gasteiger partial charge in [0.05, 0.1) is 25.4 Å². The van der Waals surface area contributed by atoms with Crippen molar-refractivity contribution in [2.75, 3.05) is 26.4 Å². The molecule has 1 fully saturated rings. The van der Waals surface area contributed by atoms with Gasteiger partial charge in [-0.05, 0) is 38.1 Å². The molecule has 112 valence electrons. The summed E-state index contributed by atoms with van der Waals surface area (Å²) in [4.78, 5) is 14.5. The molecule has 4 heteroatoms. The molecule has 0 spiro atoms. The first-order chi connectivity index (χ1) is 10.0. The molecule has 2 rings (SSSR count). The van der Waals surface area contributed by atoms with Crippen molar-refractivity contribution in [3.05, 3.63) is 35.4 Å². The molecule has 0 atom stereocenters. The predicted octanol–water partition coefficient (Wildman–Crippen LogP) is 1.67. The lowest BCUT2D eigenvalue weighted by Gasteiger charge is -2.42. The van der Waals surface area contributed by atoms with Gasteiger partial charge in [0.25, 0.3) is 5.91 Å². The zero-order valence-corrected chi connectivity index (χ0v) is 12.6. The van der Waals surface area contributed by atoms with E-state index >= 15 is 0 Å². The molecule has 1 aromatic rings. The Kier molecular flexibility index (Phi) is 5.00. The number of amides is 1. The Bertz CT molecular complexity index is 552. The zero-order valence-electron chi connectivity index (χ0n) is 12.6. The van der Waals surface area contributed by atoms with Crippen LogP contribution in [-0.2, 0) is 4.74 Å². The van der Waals surface area contributed by atoms with Gasteiger partial charge >= 0.3 is 0 Å². The highest BCUT2D eigenvalue weighted by atomic mass is 16.5. The third kappa shape index (κ3) is 3.84. The number of ether oxygens (including phenoxy) is 1. The third-order valence-electron chi connectivity index (χ3n) is 3.49. The van der Waals surface area contributed by atoms with E-state index < -0.39 is 0 Å². The normalized spacial score (nSPS) is 17.0. The van der Waals surface area contributed by atoms with Gasteiger partial charge in [-0.15, -0.1) is 0 Å². The van der Waals surface area contributed by atoms with Crippen molar-refractivity contribution in [1.29, 1.82) is 0 Å². The largest absolute Gasteiger partial charge is 0.395 e. The minimum atomic E-state index is -0.283. The summed E-state index contributed by atoms with van der Waals surface area (Å²) in [7, 11) is 0. The van der Waals surface area contributed by atoms with Crippen LogP contribution in [0.3, 0.4) is 0 Å². The maximum atomic E-state index is 12.6. The molecular weight excluding hydrogens is 266 g/mol. The van der Waals surface area contributed by atoms with Crippen LogP contribution in [0.15, 0.2) is 24.3 Å². The molecule has 0 saturated carbocycles. The molecule has 0 aromatic heterocycles. The predicted molar refractivity (Wildman–Crippen MR) is 81.0 cm³/mol. The van der Waals surface area contributed by atoms with E-state index in [1.54, 1.807) is 12.1 Å². The zero-order chi connectivity index (χ0) is 15.3. The third-order valence-corrected chi connectivity index (χ3v) is 3.49. The molecule has 1 saturated heterocycles. The van der Waals surface area contributed by atoms with Gasteiger partial charge in [0.2, 0.25) is 0 Å². The maximum Gasteiger partial charge on any atom is 0.254 e. The van der Waals surface area contributed by atoms with Gasteiger partial charge in [0.15, 0.2) is 0 Å². The van der Waals surface area contributed by atoms with Crippen LogP contribution in [0.5, 0.6) is 0 Å². The Balaban J connectivity index is 2.11. The van der Waals surface area contributed by atoms with Crippen molar-refractivity contribution < 1.29 is 14.6 Å². The number of hydrogen-bond acceptors (Lipinski definition) is 3. The highest BCUT2D eigenvalue weighted by Crippen LogP contribution is 2.21. The van der Waals surface area contributed by atoms with Gasteiger partial charge in [0.1, 0.15) is 0 Å². The highest BCUT2D eigenvalue weighted by molar-refractivity contribution is 5.94. The van der Waals surface area contributed by atoms with Crippen LogP contribution < -0.4 is 0 Å². The van der Waals surface area contributed by atoms with Gasteiger partial charge < -0.3 is 14.7 Å². The topological polar surface area (TPSA) is 49.8 Å². The standard InChI is InChI=1S/C17H21NO3/c1-17(2)13-21-12-10-18(17)16(20)15-8-6-14(7-9-15)5-3-4-11-19/h6-9,19H,4,10-13H2,1-2H3. The number of morpholine rings is 1. The van der Waals surface area contributed by atoms with E-state index in [1.165, 1.54) is 0 Å². The molecule has 0 radical (unpaired) electrons. The molecule has 0 bridgehead atoms. The van der Waals surface area contributed by atoms with Crippen LogP contribution in [0.25, 0.3) is 0 Å². The van der Waals surface area contributed by atoms with E-state index in [9.17, 15) is 4.79 Å². The summed E-state index contributed by atoms with van der Waals surface area (Å²) in [6.07, 6.45) is 0.461. The van der Waals surface area contributed by atoms with Crippen LogP contribution in [0.1, 0.15) is 36.2 Å². The highest BCUT2D eigenvalue weighted by Gasteiger charge is 2.34. The fourth-order valence-electron chi connectivity index (χ4n) is 2.31. The quantitative estimate of drug-likeness (QED) is 0.842. The molecule has 1 aromatic carbocycles. The summed E-state index contributed by atoms with van der Waals surface area (Å²) < 4.78 is 5.44. The number of carbonyl (C=O) groups excluding carboxylic acids is 1. The van der Waals surface area contributed by atoms with E-state index in [-0.39, 0.29) is 18.1 Å². The number of hydrogen-bond donors (Lipinski definition) is 1. The van der Waals surface area contributed by atoms with E-state index in [1.807, 2.05) is 30.9 Å². The van der Waals surface area contributed by atoms with Gasteiger partial charge in [0, 0.05) is 24.1 Å². The SMILES string of the molecule is CC1(C)COCCN1C(=O)c1ccc(C#CCCO)cc1. The number of benzene rings is 1. The van der Waals surface area contributed by atoms with Crippen LogP contribution in [0.2, 0.25) is 0 Å². The van der Waals surface area contributed by atoms with Gasteiger partial charge in [-0.25, -0.2) is 0 Å². The Morgan fingerprint density at radius 2 is 2.10 bits per heavy atom. The molecule has 1 aliphatic rings. The average Bonchev–Trinajstić information content (AvgIpc) is 2.47. The van der Waals surface area contributed by atoms with E-state index in [4.69, 9.17) is 9.84 Å². The Hall–Kier alpha value is -1.83. The van der Waals surface area contributed by atoms with Crippen molar-refractivity contribution in [3.63, 3.8) is 0 Å². The first-order valence-corrected chi connectivity index (χ1v) is 7.14. The van der Waals surface area contributed by atoms with E-state index in [0.29, 0.717) is 31.7 Å². The summed E-state index contributed by atoms with van der Waals surface area (Å²) in [5, 5.41) is 8.69. The van der Waals surface area contributed by atoms with Gasteiger partial charge in [-0.1, -0.05) is 11.8 Å². The molecule has 4 nitrogen and oxygen atoms in total. The molecule has 1 amide bonds. The lowest BCUT2D eigenvalue weighted by molar-refractivity contribution is -0.0370. The van der Waals surface area contributed by atoms with Gasteiger partial charge in [-0.3, -0.25) is 4.79 Å². The molecule has 1 N–H and O–H groups in total. The van der Waals surface area contributed by atoms with Crippen molar-refractivity contribution in [2.45, 2.75) is 25.8 Å². The monoisotopic (exact) mass is 287 g/mol. The molecule has 1 aliphatic heterocycles. The van der Waals surface area contributed by atoms with Crippen molar-refractivity contribution >= 4 is 5.91 Å². The fraction of sp³-hybridized carbons (Fsp3) is 0.471. The fourth-order valence-corrected chi connectivity index (χ4v) is 2.31. The lowest BCUT2D eigenvalue weighted by Crippen LogP contribution is -2.55. The smallest absolute Gasteiger partial charge is 0.254 e. The first-order valence-electron chi connectivity index (χ1n) is 7.14. The summed E-state index contributed by atoms with van der Waals surface area (Å²) in [6, 6.07) is 7.28. The van der Waals surface area contributed by atoms with Crippen LogP contribution in [-0.4, -0.2) is 47.8 Å². The summed E-state index contributed by atoms with van der Waals surface area (Å²) in [6.45, 7) is 5.85.